The van der Waals surface area contributed by atoms with Crippen molar-refractivity contribution >= 4 is 46.3 Å². The van der Waals surface area contributed by atoms with Crippen molar-refractivity contribution in [1.29, 1.82) is 0 Å². The molecule has 0 aliphatic carbocycles. The summed E-state index contributed by atoms with van der Waals surface area (Å²) < 4.78 is 14.3. The van der Waals surface area contributed by atoms with Crippen molar-refractivity contribution in [3.8, 4) is 5.75 Å². The van der Waals surface area contributed by atoms with Gasteiger partial charge in [-0.3, -0.25) is 14.3 Å². The lowest BCUT2D eigenvalue weighted by Gasteiger charge is -2.23. The van der Waals surface area contributed by atoms with E-state index < -0.39 is 0 Å². The third-order valence-corrected chi connectivity index (χ3v) is 8.58. The van der Waals surface area contributed by atoms with Crippen LogP contribution in [-0.2, 0) is 11.2 Å². The summed E-state index contributed by atoms with van der Waals surface area (Å²) >= 11 is 7.48. The van der Waals surface area contributed by atoms with Gasteiger partial charge in [0.05, 0.1) is 6.61 Å². The number of aromatic nitrogens is 1. The van der Waals surface area contributed by atoms with Crippen LogP contribution >= 0.6 is 23.5 Å². The third kappa shape index (κ3) is 7.25. The highest BCUT2D eigenvalue weighted by molar-refractivity contribution is 7.98. The average molecular weight is 592 g/mol. The number of aryl methyl sites for hydroxylation is 3. The molecule has 0 saturated carbocycles. The summed E-state index contributed by atoms with van der Waals surface area (Å²) in [7, 11) is 0. The Labute approximate surface area is 249 Å². The highest BCUT2D eigenvalue weighted by Gasteiger charge is 2.19. The minimum atomic E-state index is -0.219. The number of hydrogen-bond acceptors (Lipinski definition) is 5. The van der Waals surface area contributed by atoms with Crippen molar-refractivity contribution in [2.45, 2.75) is 50.5 Å². The Morgan fingerprint density at radius 1 is 1.02 bits per heavy atom. The molecular formula is C32H34ClN3O4S. The first-order chi connectivity index (χ1) is 19.9. The molecule has 41 heavy (non-hydrogen) atoms. The lowest BCUT2D eigenvalue weighted by Crippen LogP contribution is -2.38. The molecule has 0 radical (unpaired) electrons. The summed E-state index contributed by atoms with van der Waals surface area (Å²) in [5.41, 5.74) is 4.93. The molecule has 9 heteroatoms. The van der Waals surface area contributed by atoms with E-state index in [0.717, 1.165) is 62.5 Å². The molecule has 2 heterocycles. The lowest BCUT2D eigenvalue weighted by atomic mass is 10.1. The fourth-order valence-corrected chi connectivity index (χ4v) is 5.80. The number of nitrogens with one attached hydrogen (secondary N) is 3. The number of amides is 2. The number of benzene rings is 3. The monoisotopic (exact) mass is 591 g/mol. The molecule has 1 aliphatic heterocycles. The predicted octanol–water partition coefficient (Wildman–Crippen LogP) is 6.80. The normalized spacial score (nSPS) is 13.7. The van der Waals surface area contributed by atoms with E-state index in [-0.39, 0.29) is 17.9 Å². The fraction of sp³-hybridized carbons (Fsp3) is 0.312. The molecule has 0 unspecified atom stereocenters. The topological polar surface area (TPSA) is 92.4 Å². The molecule has 1 aliphatic rings. The van der Waals surface area contributed by atoms with Crippen LogP contribution in [0.4, 0.5) is 0 Å². The minimum absolute atomic E-state index is 0.116. The first kappa shape index (κ1) is 29.0. The Kier molecular flexibility index (Phi) is 9.54. The minimum Gasteiger partial charge on any atom is -0.494 e. The third-order valence-electron chi connectivity index (χ3n) is 7.20. The van der Waals surface area contributed by atoms with Gasteiger partial charge in [0.2, 0.25) is 0 Å². The summed E-state index contributed by atoms with van der Waals surface area (Å²) in [6, 6.07) is 19.2. The zero-order valence-electron chi connectivity index (χ0n) is 23.2. The largest absolute Gasteiger partial charge is 0.494 e. The number of rotatable bonds is 10. The van der Waals surface area contributed by atoms with Crippen molar-refractivity contribution in [2.75, 3.05) is 19.8 Å². The van der Waals surface area contributed by atoms with Gasteiger partial charge in [-0.2, -0.15) is 0 Å². The summed E-state index contributed by atoms with van der Waals surface area (Å²) in [4.78, 5) is 30.2. The van der Waals surface area contributed by atoms with Crippen molar-refractivity contribution in [2.24, 2.45) is 0 Å². The van der Waals surface area contributed by atoms with E-state index in [0.29, 0.717) is 37.5 Å². The van der Waals surface area contributed by atoms with Gasteiger partial charge < -0.3 is 19.8 Å². The van der Waals surface area contributed by atoms with Crippen LogP contribution in [0.1, 0.15) is 56.8 Å². The molecular weight excluding hydrogens is 558 g/mol. The predicted molar refractivity (Wildman–Crippen MR) is 164 cm³/mol. The lowest BCUT2D eigenvalue weighted by molar-refractivity contribution is 0.0696. The number of hydrogen-bond donors (Lipinski definition) is 3. The van der Waals surface area contributed by atoms with Crippen LogP contribution < -0.4 is 14.8 Å². The number of carbonyl (C=O) groups is 2. The van der Waals surface area contributed by atoms with E-state index in [1.54, 1.807) is 12.1 Å². The summed E-state index contributed by atoms with van der Waals surface area (Å²) in [6.45, 7) is 5.78. The summed E-state index contributed by atoms with van der Waals surface area (Å²) in [5.74, 6) is 0.458. The zero-order valence-corrected chi connectivity index (χ0v) is 24.8. The number of carbonyl (C=O) groups excluding carboxylic acids is 2. The van der Waals surface area contributed by atoms with Crippen molar-refractivity contribution < 1.29 is 19.1 Å². The highest BCUT2D eigenvalue weighted by Crippen LogP contribution is 2.28. The molecule has 2 amide bonds. The standard InChI is InChI=1S/C32H34ClN3O4S/c1-20-17-24(18-21(2)29(20)33)40-14-6-10-27-26-9-3-4-11-28(26)35-30(27)32(38)36-41-25-8-5-7-22(19-25)31(37)34-23-12-15-39-16-13-23/h3-5,7-9,11,17-19,23,35H,6,10,12-16H2,1-2H3,(H,34,37)(H,36,38). The maximum absolute atomic E-state index is 13.4. The number of halogens is 1. The molecule has 5 rings (SSSR count). The number of para-hydroxylation sites is 1. The van der Waals surface area contributed by atoms with E-state index in [4.69, 9.17) is 21.1 Å². The first-order valence-electron chi connectivity index (χ1n) is 13.8. The second kappa shape index (κ2) is 13.5. The number of aromatic amines is 1. The van der Waals surface area contributed by atoms with Gasteiger partial charge >= 0.3 is 0 Å². The molecule has 7 nitrogen and oxygen atoms in total. The van der Waals surface area contributed by atoms with E-state index in [1.807, 2.05) is 62.4 Å². The molecule has 4 aromatic rings. The van der Waals surface area contributed by atoms with Crippen molar-refractivity contribution in [1.82, 2.24) is 15.0 Å². The summed E-state index contributed by atoms with van der Waals surface area (Å²) in [5, 5.41) is 4.86. The highest BCUT2D eigenvalue weighted by atomic mass is 35.5. The van der Waals surface area contributed by atoms with E-state index in [1.165, 1.54) is 11.9 Å². The molecule has 1 aromatic heterocycles. The van der Waals surface area contributed by atoms with Crippen LogP contribution in [0.3, 0.4) is 0 Å². The van der Waals surface area contributed by atoms with E-state index in [9.17, 15) is 9.59 Å². The maximum atomic E-state index is 13.4. The zero-order chi connectivity index (χ0) is 28.8. The Bertz CT molecular complexity index is 1520. The van der Waals surface area contributed by atoms with E-state index >= 15 is 0 Å². The number of H-pyrrole nitrogens is 1. The molecule has 1 saturated heterocycles. The van der Waals surface area contributed by atoms with Crippen molar-refractivity contribution in [3.05, 3.63) is 93.6 Å². The van der Waals surface area contributed by atoms with Gasteiger partial charge in [-0.15, -0.1) is 0 Å². The van der Waals surface area contributed by atoms with Crippen LogP contribution in [-0.4, -0.2) is 42.7 Å². The molecule has 214 valence electrons. The van der Waals surface area contributed by atoms with Gasteiger partial charge in [0, 0.05) is 45.6 Å². The van der Waals surface area contributed by atoms with Crippen LogP contribution in [0.5, 0.6) is 5.75 Å². The Hall–Kier alpha value is -3.46. The SMILES string of the molecule is Cc1cc(OCCCc2c(C(=O)NSc3cccc(C(=O)NC4CCOCC4)c3)[nH]c3ccccc23)cc(C)c1Cl. The van der Waals surface area contributed by atoms with Crippen LogP contribution in [0.2, 0.25) is 5.02 Å². The molecule has 3 N–H and O–H groups in total. The quantitative estimate of drug-likeness (QED) is 0.139. The average Bonchev–Trinajstić information content (AvgIpc) is 3.36. The van der Waals surface area contributed by atoms with Gasteiger partial charge in [-0.05, 0) is 105 Å². The van der Waals surface area contributed by atoms with Crippen LogP contribution in [0, 0.1) is 13.8 Å². The van der Waals surface area contributed by atoms with Crippen LogP contribution in [0.15, 0.2) is 65.6 Å². The van der Waals surface area contributed by atoms with Gasteiger partial charge in [-0.1, -0.05) is 35.9 Å². The van der Waals surface area contributed by atoms with E-state index in [2.05, 4.69) is 15.0 Å². The Balaban J connectivity index is 1.22. The molecule has 0 bridgehead atoms. The Morgan fingerprint density at radius 2 is 1.78 bits per heavy atom. The Morgan fingerprint density at radius 3 is 2.56 bits per heavy atom. The first-order valence-corrected chi connectivity index (χ1v) is 15.0. The van der Waals surface area contributed by atoms with Gasteiger partial charge in [0.15, 0.2) is 0 Å². The van der Waals surface area contributed by atoms with Crippen molar-refractivity contribution in [3.63, 3.8) is 0 Å². The smallest absolute Gasteiger partial charge is 0.278 e. The molecule has 0 spiro atoms. The number of ether oxygens (including phenoxy) is 2. The summed E-state index contributed by atoms with van der Waals surface area (Å²) in [6.07, 6.45) is 3.04. The second-order valence-corrected chi connectivity index (χ2v) is 11.5. The molecule has 0 atom stereocenters. The van der Waals surface area contributed by atoms with Gasteiger partial charge in [-0.25, -0.2) is 0 Å². The van der Waals surface area contributed by atoms with Gasteiger partial charge in [0.25, 0.3) is 11.8 Å². The maximum Gasteiger partial charge on any atom is 0.278 e. The van der Waals surface area contributed by atoms with Crippen LogP contribution in [0.25, 0.3) is 10.9 Å². The van der Waals surface area contributed by atoms with Gasteiger partial charge in [0.1, 0.15) is 11.4 Å². The second-order valence-electron chi connectivity index (χ2n) is 10.3. The number of fused-ring (bicyclic) bond motifs is 1. The molecule has 3 aromatic carbocycles. The molecule has 1 fully saturated rings. The fourth-order valence-electron chi connectivity index (χ4n) is 5.05.